The van der Waals surface area contributed by atoms with Gasteiger partial charge in [-0.15, -0.1) is 0 Å². The fourth-order valence-corrected chi connectivity index (χ4v) is 3.51. The highest BCUT2D eigenvalue weighted by atomic mass is 16.6. The second-order valence-electron chi connectivity index (χ2n) is 6.61. The van der Waals surface area contributed by atoms with Crippen LogP contribution in [0.15, 0.2) is 30.6 Å². The summed E-state index contributed by atoms with van der Waals surface area (Å²) in [5, 5.41) is 0. The largest absolute Gasteiger partial charge is 0.486 e. The lowest BCUT2D eigenvalue weighted by molar-refractivity contribution is 0.170. The normalized spacial score (nSPS) is 18.5. The molecule has 126 valence electrons. The SMILES string of the molecule is Cc1cncc(C2CCN(Cc3ccc4c(c3)OCCO4)CC2)n1. The van der Waals surface area contributed by atoms with E-state index in [1.54, 1.807) is 0 Å². The highest BCUT2D eigenvalue weighted by Crippen LogP contribution is 2.32. The van der Waals surface area contributed by atoms with Crippen LogP contribution in [0.25, 0.3) is 0 Å². The van der Waals surface area contributed by atoms with Crippen molar-refractivity contribution in [2.24, 2.45) is 0 Å². The Morgan fingerprint density at radius 3 is 2.67 bits per heavy atom. The molecule has 0 N–H and O–H groups in total. The maximum absolute atomic E-state index is 5.68. The lowest BCUT2D eigenvalue weighted by Crippen LogP contribution is -2.32. The molecule has 0 atom stereocenters. The number of aromatic nitrogens is 2. The van der Waals surface area contributed by atoms with Crippen LogP contribution < -0.4 is 9.47 Å². The number of rotatable bonds is 3. The topological polar surface area (TPSA) is 47.5 Å². The van der Waals surface area contributed by atoms with Gasteiger partial charge in [0.15, 0.2) is 11.5 Å². The van der Waals surface area contributed by atoms with Crippen LogP contribution in [-0.4, -0.2) is 41.2 Å². The Kier molecular flexibility index (Phi) is 4.34. The van der Waals surface area contributed by atoms with E-state index in [0.29, 0.717) is 19.1 Å². The molecule has 1 fully saturated rings. The zero-order valence-corrected chi connectivity index (χ0v) is 14.1. The van der Waals surface area contributed by atoms with E-state index in [2.05, 4.69) is 27.0 Å². The quantitative estimate of drug-likeness (QED) is 0.868. The summed E-state index contributed by atoms with van der Waals surface area (Å²) in [6.07, 6.45) is 6.03. The molecule has 2 aromatic rings. The van der Waals surface area contributed by atoms with E-state index in [0.717, 1.165) is 55.4 Å². The average Bonchev–Trinajstić information content (AvgIpc) is 2.62. The Labute approximate surface area is 142 Å². The molecule has 0 saturated carbocycles. The van der Waals surface area contributed by atoms with Crippen molar-refractivity contribution in [3.05, 3.63) is 47.5 Å². The van der Waals surface area contributed by atoms with Crippen molar-refractivity contribution in [2.45, 2.75) is 32.2 Å². The van der Waals surface area contributed by atoms with Gasteiger partial charge < -0.3 is 9.47 Å². The van der Waals surface area contributed by atoms with Crippen LogP contribution in [0.5, 0.6) is 11.5 Å². The Bertz CT molecular complexity index is 712. The number of aryl methyl sites for hydroxylation is 1. The van der Waals surface area contributed by atoms with Crippen LogP contribution in [-0.2, 0) is 6.54 Å². The van der Waals surface area contributed by atoms with Gasteiger partial charge in [-0.2, -0.15) is 0 Å². The second kappa shape index (κ2) is 6.77. The molecular formula is C19H23N3O2. The van der Waals surface area contributed by atoms with E-state index in [9.17, 15) is 0 Å². The standard InChI is InChI=1S/C19H23N3O2/c1-14-11-20-12-17(21-14)16-4-6-22(7-5-16)13-15-2-3-18-19(10-15)24-9-8-23-18/h2-3,10-12,16H,4-9,13H2,1H3. The third-order valence-corrected chi connectivity index (χ3v) is 4.79. The molecular weight excluding hydrogens is 302 g/mol. The molecule has 0 spiro atoms. The highest BCUT2D eigenvalue weighted by molar-refractivity contribution is 5.43. The van der Waals surface area contributed by atoms with Gasteiger partial charge in [-0.25, -0.2) is 0 Å². The summed E-state index contributed by atoms with van der Waals surface area (Å²) in [7, 11) is 0. The number of nitrogens with zero attached hydrogens (tertiary/aromatic N) is 3. The van der Waals surface area contributed by atoms with Gasteiger partial charge >= 0.3 is 0 Å². The summed E-state index contributed by atoms with van der Waals surface area (Å²) in [6.45, 7) is 6.43. The highest BCUT2D eigenvalue weighted by Gasteiger charge is 2.22. The fourth-order valence-electron chi connectivity index (χ4n) is 3.51. The molecule has 0 aliphatic carbocycles. The lowest BCUT2D eigenvalue weighted by Gasteiger charge is -2.31. The summed E-state index contributed by atoms with van der Waals surface area (Å²) < 4.78 is 11.3. The lowest BCUT2D eigenvalue weighted by atomic mass is 9.93. The maximum Gasteiger partial charge on any atom is 0.161 e. The van der Waals surface area contributed by atoms with Crippen molar-refractivity contribution < 1.29 is 9.47 Å². The van der Waals surface area contributed by atoms with E-state index in [1.165, 1.54) is 5.56 Å². The minimum absolute atomic E-state index is 0.536. The van der Waals surface area contributed by atoms with Crippen molar-refractivity contribution in [3.8, 4) is 11.5 Å². The molecule has 5 nitrogen and oxygen atoms in total. The van der Waals surface area contributed by atoms with Crippen molar-refractivity contribution in [2.75, 3.05) is 26.3 Å². The van der Waals surface area contributed by atoms with Crippen molar-refractivity contribution in [1.29, 1.82) is 0 Å². The van der Waals surface area contributed by atoms with Crippen LogP contribution in [0.1, 0.15) is 35.7 Å². The first-order valence-electron chi connectivity index (χ1n) is 8.67. The summed E-state index contributed by atoms with van der Waals surface area (Å²) >= 11 is 0. The number of benzene rings is 1. The molecule has 5 heteroatoms. The summed E-state index contributed by atoms with van der Waals surface area (Å²) in [4.78, 5) is 11.4. The third-order valence-electron chi connectivity index (χ3n) is 4.79. The molecule has 0 unspecified atom stereocenters. The Balaban J connectivity index is 1.36. The van der Waals surface area contributed by atoms with Crippen molar-refractivity contribution in [1.82, 2.24) is 14.9 Å². The number of hydrogen-bond acceptors (Lipinski definition) is 5. The molecule has 0 radical (unpaired) electrons. The van der Waals surface area contributed by atoms with Crippen LogP contribution in [0, 0.1) is 6.92 Å². The van der Waals surface area contributed by atoms with Crippen LogP contribution >= 0.6 is 0 Å². The van der Waals surface area contributed by atoms with E-state index < -0.39 is 0 Å². The molecule has 0 bridgehead atoms. The van der Waals surface area contributed by atoms with E-state index in [1.807, 2.05) is 25.4 Å². The summed E-state index contributed by atoms with van der Waals surface area (Å²) in [5.41, 5.74) is 3.44. The molecule has 1 saturated heterocycles. The smallest absolute Gasteiger partial charge is 0.161 e. The molecule has 0 amide bonds. The number of piperidine rings is 1. The van der Waals surface area contributed by atoms with Crippen molar-refractivity contribution >= 4 is 0 Å². The van der Waals surface area contributed by atoms with Crippen molar-refractivity contribution in [3.63, 3.8) is 0 Å². The first-order chi connectivity index (χ1) is 11.8. The fraction of sp³-hybridized carbons (Fsp3) is 0.474. The third kappa shape index (κ3) is 3.36. The number of likely N-dealkylation sites (tertiary alicyclic amines) is 1. The first-order valence-corrected chi connectivity index (χ1v) is 8.67. The molecule has 2 aliphatic rings. The number of hydrogen-bond donors (Lipinski definition) is 0. The molecule has 2 aliphatic heterocycles. The Hall–Kier alpha value is -2.14. The minimum Gasteiger partial charge on any atom is -0.486 e. The van der Waals surface area contributed by atoms with E-state index >= 15 is 0 Å². The van der Waals surface area contributed by atoms with Crippen LogP contribution in [0.3, 0.4) is 0 Å². The first kappa shape index (κ1) is 15.4. The van der Waals surface area contributed by atoms with Gasteiger partial charge in [0.2, 0.25) is 0 Å². The van der Waals surface area contributed by atoms with Gasteiger partial charge in [0.05, 0.1) is 11.4 Å². The molecule has 1 aromatic heterocycles. The molecule has 3 heterocycles. The summed E-state index contributed by atoms with van der Waals surface area (Å²) in [6, 6.07) is 6.29. The maximum atomic E-state index is 5.68. The zero-order chi connectivity index (χ0) is 16.4. The van der Waals surface area contributed by atoms with Crippen LogP contribution in [0.4, 0.5) is 0 Å². The minimum atomic E-state index is 0.536. The Morgan fingerprint density at radius 2 is 1.88 bits per heavy atom. The number of fused-ring (bicyclic) bond motifs is 1. The number of ether oxygens (including phenoxy) is 2. The monoisotopic (exact) mass is 325 g/mol. The van der Waals surface area contributed by atoms with Gasteiger partial charge in [0.25, 0.3) is 0 Å². The summed E-state index contributed by atoms with van der Waals surface area (Å²) in [5.74, 6) is 2.28. The second-order valence-corrected chi connectivity index (χ2v) is 6.61. The predicted octanol–water partition coefficient (Wildman–Crippen LogP) is 2.94. The van der Waals surface area contributed by atoms with Gasteiger partial charge in [-0.1, -0.05) is 6.07 Å². The van der Waals surface area contributed by atoms with Crippen LogP contribution in [0.2, 0.25) is 0 Å². The molecule has 4 rings (SSSR count). The van der Waals surface area contributed by atoms with E-state index in [-0.39, 0.29) is 0 Å². The predicted molar refractivity (Wildman–Crippen MR) is 91.5 cm³/mol. The van der Waals surface area contributed by atoms with E-state index in [4.69, 9.17) is 9.47 Å². The van der Waals surface area contributed by atoms with Gasteiger partial charge in [-0.05, 0) is 50.6 Å². The molecule has 1 aromatic carbocycles. The Morgan fingerprint density at radius 1 is 1.08 bits per heavy atom. The van der Waals surface area contributed by atoms with Gasteiger partial charge in [0.1, 0.15) is 13.2 Å². The van der Waals surface area contributed by atoms with Gasteiger partial charge in [0, 0.05) is 24.9 Å². The van der Waals surface area contributed by atoms with Gasteiger partial charge in [-0.3, -0.25) is 14.9 Å². The molecule has 24 heavy (non-hydrogen) atoms. The zero-order valence-electron chi connectivity index (χ0n) is 14.1. The average molecular weight is 325 g/mol.